The molecule has 0 fully saturated rings. The van der Waals surface area contributed by atoms with Gasteiger partial charge in [0, 0.05) is 0 Å². The van der Waals surface area contributed by atoms with Crippen molar-refractivity contribution < 1.29 is 34.7 Å². The van der Waals surface area contributed by atoms with Gasteiger partial charge in [-0.15, -0.1) is 0 Å². The van der Waals surface area contributed by atoms with E-state index in [0.29, 0.717) is 6.42 Å². The maximum absolute atomic E-state index is 9.76. The van der Waals surface area contributed by atoms with E-state index < -0.39 is 0 Å². The Balaban J connectivity index is 0. The second-order valence-corrected chi connectivity index (χ2v) is 1.68. The van der Waals surface area contributed by atoms with Crippen LogP contribution in [0.25, 0.3) is 0 Å². The van der Waals surface area contributed by atoms with E-state index >= 15 is 0 Å². The topological polar surface area (TPSA) is 23.1 Å². The molecule has 0 unspecified atom stereocenters. The van der Waals surface area contributed by atoms with Crippen LogP contribution in [0.5, 0.6) is 0 Å². The number of rotatable bonds is 1. The van der Waals surface area contributed by atoms with Gasteiger partial charge in [-0.3, -0.25) is 0 Å². The van der Waals surface area contributed by atoms with E-state index in [9.17, 15) is 5.11 Å². The Bertz CT molecular complexity index is 46.1. The summed E-state index contributed by atoms with van der Waals surface area (Å²) < 4.78 is 0.130. The average Bonchev–Trinajstić information content (AvgIpc) is 1.38. The average molecular weight is 159 g/mol. The normalized spacial score (nSPS) is 6.17. The fourth-order valence-corrected chi connectivity index (χ4v) is 0. The van der Waals surface area contributed by atoms with Crippen molar-refractivity contribution in [1.82, 2.24) is 0 Å². The monoisotopic (exact) mass is 160 g/mol. The first kappa shape index (κ1) is 10.2. The molecule has 0 atom stereocenters. The van der Waals surface area contributed by atoms with Crippen molar-refractivity contribution in [3.63, 3.8) is 0 Å². The smallest absolute Gasteiger partial charge is 1.00 e. The minimum atomic E-state index is 0. The van der Waals surface area contributed by atoms with Crippen LogP contribution in [0.15, 0.2) is 0 Å². The minimum Gasteiger partial charge on any atom is 1.00 e. The largest absolute Gasteiger partial charge is 1.00 e. The summed E-state index contributed by atoms with van der Waals surface area (Å²) in [4.78, 5) is 0. The summed E-state index contributed by atoms with van der Waals surface area (Å²) in [5, 5.41) is 9.76. The molecule has 6 heavy (non-hydrogen) atoms. The van der Waals surface area contributed by atoms with Crippen LogP contribution in [0.3, 0.4) is 0 Å². The molecule has 0 radical (unpaired) electrons. The molecule has 0 bridgehead atoms. The fraction of sp³-hybridized carbons (Fsp3) is 0.667. The van der Waals surface area contributed by atoms with Crippen LogP contribution < -0.4 is 34.7 Å². The van der Waals surface area contributed by atoms with Crippen molar-refractivity contribution in [3.05, 3.63) is 0 Å². The predicted octanol–water partition coefficient (Wildman–Crippen LogP) is -3.94. The van der Waals surface area contributed by atoms with Crippen molar-refractivity contribution in [1.29, 1.82) is 0 Å². The van der Waals surface area contributed by atoms with Crippen molar-refractivity contribution >= 4 is 20.2 Å². The molecule has 0 aromatic heterocycles. The molecular formula is C3H5NaOSe. The van der Waals surface area contributed by atoms with Crippen LogP contribution in [0.1, 0.15) is 13.3 Å². The molecule has 0 saturated carbocycles. The molecular weight excluding hydrogens is 154 g/mol. The van der Waals surface area contributed by atoms with Crippen molar-refractivity contribution in [3.8, 4) is 0 Å². The maximum Gasteiger partial charge on any atom is 1.00 e. The van der Waals surface area contributed by atoms with E-state index in [1.165, 1.54) is 0 Å². The Morgan fingerprint density at radius 1 is 1.83 bits per heavy atom. The zero-order chi connectivity index (χ0) is 4.28. The second-order valence-electron chi connectivity index (χ2n) is 0.726. The van der Waals surface area contributed by atoms with Gasteiger partial charge in [0.05, 0.1) is 0 Å². The van der Waals surface area contributed by atoms with Crippen molar-refractivity contribution in [2.45, 2.75) is 13.3 Å². The van der Waals surface area contributed by atoms with Crippen LogP contribution in [-0.2, 0) is 0 Å². The van der Waals surface area contributed by atoms with Gasteiger partial charge in [0.1, 0.15) is 0 Å². The quantitative estimate of drug-likeness (QED) is 0.358. The van der Waals surface area contributed by atoms with Crippen LogP contribution in [0.2, 0.25) is 0 Å². The SMILES string of the molecule is CCC([O-])=[Se].[Na+]. The number of hydrogen-bond acceptors (Lipinski definition) is 1. The Morgan fingerprint density at radius 3 is 2.00 bits per heavy atom. The van der Waals surface area contributed by atoms with Crippen molar-refractivity contribution in [2.24, 2.45) is 0 Å². The molecule has 0 aliphatic carbocycles. The van der Waals surface area contributed by atoms with E-state index in [1.54, 1.807) is 0 Å². The molecule has 3 heteroatoms. The van der Waals surface area contributed by atoms with Gasteiger partial charge in [0.25, 0.3) is 0 Å². The molecule has 0 rings (SSSR count). The summed E-state index contributed by atoms with van der Waals surface area (Å²) in [6, 6.07) is 0. The third-order valence-electron chi connectivity index (χ3n) is 0.289. The van der Waals surface area contributed by atoms with E-state index in [1.807, 2.05) is 6.92 Å². The summed E-state index contributed by atoms with van der Waals surface area (Å²) in [5.41, 5.74) is 0. The molecule has 0 spiro atoms. The Kier molecular flexibility index (Phi) is 10.6. The maximum atomic E-state index is 9.76. The standard InChI is InChI=1S/C3H6OSe.Na/c1-2-3(4)5;/h2H2,1H3,(H,4,5);/q;+1/p-1. The predicted molar refractivity (Wildman–Crippen MR) is 21.1 cm³/mol. The van der Waals surface area contributed by atoms with Crippen molar-refractivity contribution in [2.75, 3.05) is 0 Å². The van der Waals surface area contributed by atoms with E-state index in [0.717, 1.165) is 0 Å². The molecule has 0 N–H and O–H groups in total. The molecule has 0 aromatic carbocycles. The van der Waals surface area contributed by atoms with Gasteiger partial charge in [-0.05, 0) is 0 Å². The van der Waals surface area contributed by atoms with E-state index in [4.69, 9.17) is 0 Å². The summed E-state index contributed by atoms with van der Waals surface area (Å²) in [6.45, 7) is 1.82. The zero-order valence-electron chi connectivity index (χ0n) is 4.02. The molecule has 0 saturated heterocycles. The fourth-order valence-electron chi connectivity index (χ4n) is 0. The molecule has 0 heterocycles. The van der Waals surface area contributed by atoms with Gasteiger partial charge in [-0.25, -0.2) is 0 Å². The molecule has 0 amide bonds. The molecule has 0 aliphatic heterocycles. The van der Waals surface area contributed by atoms with Gasteiger partial charge < -0.3 is 0 Å². The van der Waals surface area contributed by atoms with E-state index in [2.05, 4.69) is 15.6 Å². The Labute approximate surface area is 67.8 Å². The molecule has 0 aromatic rings. The second kappa shape index (κ2) is 6.19. The third-order valence-corrected chi connectivity index (χ3v) is 0.894. The van der Waals surface area contributed by atoms with Gasteiger partial charge >= 0.3 is 68.2 Å². The van der Waals surface area contributed by atoms with Crippen LogP contribution in [0.4, 0.5) is 0 Å². The third kappa shape index (κ3) is 8.95. The molecule has 0 aliphatic rings. The van der Waals surface area contributed by atoms with Gasteiger partial charge in [-0.2, -0.15) is 0 Å². The van der Waals surface area contributed by atoms with Crippen LogP contribution in [0, 0.1) is 0 Å². The van der Waals surface area contributed by atoms with E-state index in [-0.39, 0.29) is 34.2 Å². The summed E-state index contributed by atoms with van der Waals surface area (Å²) in [5.74, 6) is 0. The first-order chi connectivity index (χ1) is 2.27. The molecule has 30 valence electrons. The van der Waals surface area contributed by atoms with Crippen LogP contribution >= 0.6 is 0 Å². The Hall–Kier alpha value is 1.19. The Morgan fingerprint density at radius 2 is 2.00 bits per heavy atom. The first-order valence-corrected chi connectivity index (χ1v) is 2.33. The zero-order valence-corrected chi connectivity index (χ0v) is 7.74. The summed E-state index contributed by atoms with van der Waals surface area (Å²) in [7, 11) is 0. The minimum absolute atomic E-state index is 0. The summed E-state index contributed by atoms with van der Waals surface area (Å²) >= 11 is 2.35. The number of hydrogen-bond donors (Lipinski definition) is 0. The first-order valence-electron chi connectivity index (χ1n) is 1.47. The van der Waals surface area contributed by atoms with Gasteiger partial charge in [-0.1, -0.05) is 0 Å². The van der Waals surface area contributed by atoms with Gasteiger partial charge in [0.2, 0.25) is 0 Å². The molecule has 1 nitrogen and oxygen atoms in total. The summed E-state index contributed by atoms with van der Waals surface area (Å²) in [6.07, 6.45) is 0.611. The van der Waals surface area contributed by atoms with Crippen LogP contribution in [-0.4, -0.2) is 20.2 Å². The van der Waals surface area contributed by atoms with Gasteiger partial charge in [0.15, 0.2) is 0 Å².